The SMILES string of the molecule is Cc1nn(C)c(C)c1CCC(Cc1ccn(C)n1)NN. The van der Waals surface area contributed by atoms with E-state index in [1.807, 2.05) is 35.7 Å². The second-order valence-corrected chi connectivity index (χ2v) is 5.36. The van der Waals surface area contributed by atoms with Crippen molar-refractivity contribution < 1.29 is 0 Å². The molecular formula is C14H24N6. The Morgan fingerprint density at radius 3 is 2.55 bits per heavy atom. The van der Waals surface area contributed by atoms with Crippen LogP contribution in [-0.2, 0) is 26.9 Å². The Labute approximate surface area is 119 Å². The number of rotatable bonds is 6. The van der Waals surface area contributed by atoms with Gasteiger partial charge in [0.25, 0.3) is 0 Å². The summed E-state index contributed by atoms with van der Waals surface area (Å²) < 4.78 is 3.76. The van der Waals surface area contributed by atoms with Crippen LogP contribution in [0.4, 0.5) is 0 Å². The third-order valence-electron chi connectivity index (χ3n) is 3.86. The van der Waals surface area contributed by atoms with Crippen LogP contribution < -0.4 is 11.3 Å². The molecule has 2 heterocycles. The molecule has 0 aliphatic carbocycles. The Kier molecular flexibility index (Phi) is 4.57. The van der Waals surface area contributed by atoms with Gasteiger partial charge in [-0.2, -0.15) is 10.2 Å². The van der Waals surface area contributed by atoms with Crippen molar-refractivity contribution in [2.24, 2.45) is 19.9 Å². The first-order valence-corrected chi connectivity index (χ1v) is 6.95. The molecule has 0 amide bonds. The van der Waals surface area contributed by atoms with Gasteiger partial charge in [0, 0.05) is 38.4 Å². The van der Waals surface area contributed by atoms with Gasteiger partial charge in [0.05, 0.1) is 11.4 Å². The first kappa shape index (κ1) is 14.7. The zero-order chi connectivity index (χ0) is 14.7. The maximum absolute atomic E-state index is 5.67. The van der Waals surface area contributed by atoms with Gasteiger partial charge in [-0.05, 0) is 38.3 Å². The van der Waals surface area contributed by atoms with Crippen LogP contribution in [0.5, 0.6) is 0 Å². The van der Waals surface area contributed by atoms with Gasteiger partial charge in [-0.3, -0.25) is 20.6 Å². The van der Waals surface area contributed by atoms with Gasteiger partial charge in [0.1, 0.15) is 0 Å². The van der Waals surface area contributed by atoms with Crippen molar-refractivity contribution in [3.05, 3.63) is 34.9 Å². The van der Waals surface area contributed by atoms with E-state index >= 15 is 0 Å². The maximum atomic E-state index is 5.67. The fourth-order valence-corrected chi connectivity index (χ4v) is 2.57. The average molecular weight is 276 g/mol. The van der Waals surface area contributed by atoms with Crippen LogP contribution in [0.15, 0.2) is 12.3 Å². The minimum Gasteiger partial charge on any atom is -0.276 e. The molecule has 0 aromatic carbocycles. The van der Waals surface area contributed by atoms with E-state index in [-0.39, 0.29) is 6.04 Å². The summed E-state index contributed by atoms with van der Waals surface area (Å²) >= 11 is 0. The zero-order valence-electron chi connectivity index (χ0n) is 12.7. The molecule has 0 radical (unpaired) electrons. The van der Waals surface area contributed by atoms with Crippen LogP contribution in [-0.4, -0.2) is 25.6 Å². The highest BCUT2D eigenvalue weighted by Crippen LogP contribution is 2.16. The molecule has 2 aromatic heterocycles. The van der Waals surface area contributed by atoms with Crippen molar-refractivity contribution in [3.8, 4) is 0 Å². The summed E-state index contributed by atoms with van der Waals surface area (Å²) in [6.07, 6.45) is 4.75. The Bertz CT molecular complexity index is 568. The number of aromatic nitrogens is 4. The predicted molar refractivity (Wildman–Crippen MR) is 79.0 cm³/mol. The van der Waals surface area contributed by atoms with Gasteiger partial charge in [-0.1, -0.05) is 0 Å². The molecule has 2 aromatic rings. The standard InChI is InChI=1S/C14H24N6/c1-10-14(11(2)20(4)17-10)6-5-12(16-15)9-13-7-8-19(3)18-13/h7-8,12,16H,5-6,9,15H2,1-4H3. The molecule has 1 unspecified atom stereocenters. The minimum atomic E-state index is 0.226. The minimum absolute atomic E-state index is 0.226. The van der Waals surface area contributed by atoms with Crippen molar-refractivity contribution in [2.75, 3.05) is 0 Å². The highest BCUT2D eigenvalue weighted by atomic mass is 15.3. The molecule has 0 saturated heterocycles. The molecule has 3 N–H and O–H groups in total. The number of nitrogens with zero attached hydrogens (tertiary/aromatic N) is 4. The molecule has 6 nitrogen and oxygen atoms in total. The van der Waals surface area contributed by atoms with Crippen LogP contribution >= 0.6 is 0 Å². The number of hydrazine groups is 1. The van der Waals surface area contributed by atoms with E-state index in [0.717, 1.165) is 30.7 Å². The highest BCUT2D eigenvalue weighted by Gasteiger charge is 2.14. The number of aryl methyl sites for hydroxylation is 3. The van der Waals surface area contributed by atoms with Crippen molar-refractivity contribution in [1.29, 1.82) is 0 Å². The average Bonchev–Trinajstić information content (AvgIpc) is 2.91. The van der Waals surface area contributed by atoms with Gasteiger partial charge in [0.15, 0.2) is 0 Å². The second-order valence-electron chi connectivity index (χ2n) is 5.36. The molecule has 2 rings (SSSR count). The molecule has 0 spiro atoms. The Morgan fingerprint density at radius 2 is 2.05 bits per heavy atom. The third kappa shape index (κ3) is 3.26. The van der Waals surface area contributed by atoms with E-state index in [1.165, 1.54) is 11.3 Å². The van der Waals surface area contributed by atoms with Crippen LogP contribution in [0.3, 0.4) is 0 Å². The molecule has 0 bridgehead atoms. The summed E-state index contributed by atoms with van der Waals surface area (Å²) in [6, 6.07) is 2.26. The van der Waals surface area contributed by atoms with E-state index < -0.39 is 0 Å². The van der Waals surface area contributed by atoms with Crippen molar-refractivity contribution in [1.82, 2.24) is 25.0 Å². The molecule has 0 fully saturated rings. The maximum Gasteiger partial charge on any atom is 0.0640 e. The lowest BCUT2D eigenvalue weighted by molar-refractivity contribution is 0.484. The van der Waals surface area contributed by atoms with E-state index in [9.17, 15) is 0 Å². The summed E-state index contributed by atoms with van der Waals surface area (Å²) in [4.78, 5) is 0. The molecule has 0 aliphatic heterocycles. The predicted octanol–water partition coefficient (Wildman–Crippen LogP) is 0.778. The third-order valence-corrected chi connectivity index (χ3v) is 3.86. The molecule has 20 heavy (non-hydrogen) atoms. The molecule has 0 aliphatic rings. The van der Waals surface area contributed by atoms with Crippen molar-refractivity contribution >= 4 is 0 Å². The Hall–Kier alpha value is -1.66. The Balaban J connectivity index is 1.97. The van der Waals surface area contributed by atoms with E-state index in [4.69, 9.17) is 5.84 Å². The summed E-state index contributed by atoms with van der Waals surface area (Å²) in [6.45, 7) is 4.17. The fourth-order valence-electron chi connectivity index (χ4n) is 2.57. The van der Waals surface area contributed by atoms with Crippen molar-refractivity contribution in [2.45, 2.75) is 39.2 Å². The largest absolute Gasteiger partial charge is 0.276 e. The van der Waals surface area contributed by atoms with Crippen LogP contribution in [0.1, 0.15) is 29.1 Å². The number of hydrogen-bond acceptors (Lipinski definition) is 4. The van der Waals surface area contributed by atoms with Crippen LogP contribution in [0, 0.1) is 13.8 Å². The molecular weight excluding hydrogens is 252 g/mol. The summed E-state index contributed by atoms with van der Waals surface area (Å²) in [5, 5.41) is 8.85. The van der Waals surface area contributed by atoms with Gasteiger partial charge in [0.2, 0.25) is 0 Å². The van der Waals surface area contributed by atoms with E-state index in [1.54, 1.807) is 0 Å². The van der Waals surface area contributed by atoms with Crippen LogP contribution in [0.25, 0.3) is 0 Å². The van der Waals surface area contributed by atoms with Crippen LogP contribution in [0.2, 0.25) is 0 Å². The van der Waals surface area contributed by atoms with E-state index in [0.29, 0.717) is 0 Å². The lowest BCUT2D eigenvalue weighted by Gasteiger charge is -2.14. The monoisotopic (exact) mass is 276 g/mol. The number of nitrogens with one attached hydrogen (secondary N) is 1. The lowest BCUT2D eigenvalue weighted by Crippen LogP contribution is -2.37. The van der Waals surface area contributed by atoms with Gasteiger partial charge in [-0.25, -0.2) is 0 Å². The smallest absolute Gasteiger partial charge is 0.0640 e. The molecule has 1 atom stereocenters. The molecule has 0 saturated carbocycles. The number of hydrogen-bond donors (Lipinski definition) is 2. The normalized spacial score (nSPS) is 12.8. The molecule has 110 valence electrons. The van der Waals surface area contributed by atoms with E-state index in [2.05, 4.69) is 29.5 Å². The van der Waals surface area contributed by atoms with Crippen molar-refractivity contribution in [3.63, 3.8) is 0 Å². The fraction of sp³-hybridized carbons (Fsp3) is 0.571. The summed E-state index contributed by atoms with van der Waals surface area (Å²) in [5.74, 6) is 5.67. The topological polar surface area (TPSA) is 73.7 Å². The zero-order valence-corrected chi connectivity index (χ0v) is 12.7. The molecule has 6 heteroatoms. The lowest BCUT2D eigenvalue weighted by atomic mass is 10.0. The quantitative estimate of drug-likeness (QED) is 0.604. The number of nitrogens with two attached hydrogens (primary N) is 1. The summed E-state index contributed by atoms with van der Waals surface area (Å²) in [7, 11) is 3.91. The first-order chi connectivity index (χ1) is 9.51. The van der Waals surface area contributed by atoms with Gasteiger partial charge >= 0.3 is 0 Å². The highest BCUT2D eigenvalue weighted by molar-refractivity contribution is 5.24. The first-order valence-electron chi connectivity index (χ1n) is 6.95. The van der Waals surface area contributed by atoms with Gasteiger partial charge < -0.3 is 0 Å². The second kappa shape index (κ2) is 6.19. The summed E-state index contributed by atoms with van der Waals surface area (Å²) in [5.41, 5.74) is 7.63. The van der Waals surface area contributed by atoms with Gasteiger partial charge in [-0.15, -0.1) is 0 Å². The Morgan fingerprint density at radius 1 is 1.30 bits per heavy atom.